The fraction of sp³-hybridized carbons (Fsp3) is 0.286. The maximum atomic E-state index is 11.8. The summed E-state index contributed by atoms with van der Waals surface area (Å²) < 4.78 is 7.00. The van der Waals surface area contributed by atoms with Crippen molar-refractivity contribution in [3.63, 3.8) is 0 Å². The Morgan fingerprint density at radius 3 is 2.75 bits per heavy atom. The fourth-order valence-electron chi connectivity index (χ4n) is 1.62. The number of methoxy groups -OCH3 is 1. The Labute approximate surface area is 122 Å². The van der Waals surface area contributed by atoms with Gasteiger partial charge in [0.05, 0.1) is 7.11 Å². The van der Waals surface area contributed by atoms with Gasteiger partial charge in [0.25, 0.3) is 0 Å². The monoisotopic (exact) mass is 291 g/mol. The van der Waals surface area contributed by atoms with Crippen LogP contribution >= 0.6 is 11.8 Å². The summed E-state index contributed by atoms with van der Waals surface area (Å²) in [5.41, 5.74) is 0.776. The van der Waals surface area contributed by atoms with Crippen LogP contribution in [0.1, 0.15) is 6.42 Å². The summed E-state index contributed by atoms with van der Waals surface area (Å²) in [5, 5.41) is 3.77. The van der Waals surface area contributed by atoms with Crippen molar-refractivity contribution < 1.29 is 9.53 Å². The van der Waals surface area contributed by atoms with Gasteiger partial charge in [-0.2, -0.15) is 0 Å². The third-order valence-corrected chi connectivity index (χ3v) is 3.77. The minimum atomic E-state index is -0.00289. The molecule has 0 saturated heterocycles. The molecule has 106 valence electrons. The summed E-state index contributed by atoms with van der Waals surface area (Å²) in [4.78, 5) is 16.0. The summed E-state index contributed by atoms with van der Waals surface area (Å²) in [5.74, 6) is 1.47. The van der Waals surface area contributed by atoms with E-state index >= 15 is 0 Å². The smallest absolute Gasteiger partial charge is 0.225 e. The summed E-state index contributed by atoms with van der Waals surface area (Å²) in [6, 6.07) is 7.28. The van der Waals surface area contributed by atoms with E-state index in [2.05, 4.69) is 10.3 Å². The lowest BCUT2D eigenvalue weighted by Gasteiger charge is -2.06. The number of anilines is 1. The Morgan fingerprint density at radius 2 is 2.15 bits per heavy atom. The van der Waals surface area contributed by atoms with E-state index in [-0.39, 0.29) is 5.91 Å². The molecule has 0 bridgehead atoms. The predicted octanol–water partition coefficient (Wildman–Crippen LogP) is 2.55. The molecule has 1 amide bonds. The van der Waals surface area contributed by atoms with Crippen LogP contribution in [0.2, 0.25) is 0 Å². The Kier molecular flexibility index (Phi) is 5.06. The van der Waals surface area contributed by atoms with Gasteiger partial charge < -0.3 is 14.6 Å². The third kappa shape index (κ3) is 4.03. The number of aryl methyl sites for hydroxylation is 1. The van der Waals surface area contributed by atoms with Crippen LogP contribution in [-0.4, -0.2) is 28.3 Å². The first-order valence-electron chi connectivity index (χ1n) is 6.23. The van der Waals surface area contributed by atoms with Gasteiger partial charge in [-0.05, 0) is 24.3 Å². The van der Waals surface area contributed by atoms with E-state index in [0.717, 1.165) is 16.6 Å². The normalized spacial score (nSPS) is 10.3. The second-order valence-electron chi connectivity index (χ2n) is 4.20. The van der Waals surface area contributed by atoms with Crippen LogP contribution in [0.25, 0.3) is 0 Å². The van der Waals surface area contributed by atoms with E-state index in [1.807, 2.05) is 42.1 Å². The number of aromatic nitrogens is 2. The molecule has 6 heteroatoms. The van der Waals surface area contributed by atoms with Crippen molar-refractivity contribution in [2.75, 3.05) is 18.2 Å². The zero-order valence-corrected chi connectivity index (χ0v) is 12.3. The van der Waals surface area contributed by atoms with Gasteiger partial charge in [-0.1, -0.05) is 11.8 Å². The van der Waals surface area contributed by atoms with Gasteiger partial charge in [0, 0.05) is 37.3 Å². The molecular formula is C14H17N3O2S. The van der Waals surface area contributed by atoms with Crippen molar-refractivity contribution >= 4 is 23.4 Å². The van der Waals surface area contributed by atoms with Gasteiger partial charge >= 0.3 is 0 Å². The maximum absolute atomic E-state index is 11.8. The minimum absolute atomic E-state index is 0.00289. The molecule has 1 aromatic heterocycles. The number of benzene rings is 1. The molecule has 0 fully saturated rings. The molecule has 0 atom stereocenters. The third-order valence-electron chi connectivity index (χ3n) is 2.71. The number of hydrogen-bond donors (Lipinski definition) is 1. The van der Waals surface area contributed by atoms with E-state index in [0.29, 0.717) is 12.2 Å². The number of amides is 1. The van der Waals surface area contributed by atoms with Crippen molar-refractivity contribution in [2.24, 2.45) is 7.05 Å². The summed E-state index contributed by atoms with van der Waals surface area (Å²) in [6.45, 7) is 0. The molecule has 0 aliphatic rings. The number of nitrogens with one attached hydrogen (secondary N) is 1. The molecule has 0 aliphatic carbocycles. The van der Waals surface area contributed by atoms with Crippen molar-refractivity contribution in [1.29, 1.82) is 0 Å². The molecule has 0 saturated carbocycles. The molecule has 2 aromatic rings. The fourth-order valence-corrected chi connectivity index (χ4v) is 2.49. The topological polar surface area (TPSA) is 56.1 Å². The molecule has 0 unspecified atom stereocenters. The van der Waals surface area contributed by atoms with Crippen LogP contribution in [0.4, 0.5) is 5.69 Å². The minimum Gasteiger partial charge on any atom is -0.497 e. The number of ether oxygens (including phenoxy) is 1. The van der Waals surface area contributed by atoms with Gasteiger partial charge in [-0.15, -0.1) is 0 Å². The van der Waals surface area contributed by atoms with Crippen LogP contribution in [0.3, 0.4) is 0 Å². The molecule has 0 aliphatic heterocycles. The van der Waals surface area contributed by atoms with Crippen molar-refractivity contribution in [3.8, 4) is 5.75 Å². The largest absolute Gasteiger partial charge is 0.497 e. The molecule has 1 aromatic carbocycles. The lowest BCUT2D eigenvalue weighted by Crippen LogP contribution is -2.12. The second-order valence-corrected chi connectivity index (χ2v) is 5.26. The van der Waals surface area contributed by atoms with E-state index in [4.69, 9.17) is 4.74 Å². The Hall–Kier alpha value is -1.95. The van der Waals surface area contributed by atoms with Crippen LogP contribution in [0.15, 0.2) is 41.8 Å². The average Bonchev–Trinajstić information content (AvgIpc) is 2.85. The number of hydrogen-bond acceptors (Lipinski definition) is 4. The van der Waals surface area contributed by atoms with Crippen molar-refractivity contribution in [2.45, 2.75) is 11.6 Å². The number of nitrogens with zero attached hydrogens (tertiary/aromatic N) is 2. The first-order valence-corrected chi connectivity index (χ1v) is 7.21. The van der Waals surface area contributed by atoms with E-state index < -0.39 is 0 Å². The molecule has 0 spiro atoms. The Morgan fingerprint density at radius 1 is 1.40 bits per heavy atom. The summed E-state index contributed by atoms with van der Waals surface area (Å²) >= 11 is 1.57. The van der Waals surface area contributed by atoms with Crippen LogP contribution in [-0.2, 0) is 11.8 Å². The molecular weight excluding hydrogens is 274 g/mol. The molecule has 1 N–H and O–H groups in total. The van der Waals surface area contributed by atoms with E-state index in [1.54, 1.807) is 25.1 Å². The highest BCUT2D eigenvalue weighted by atomic mass is 32.2. The molecule has 20 heavy (non-hydrogen) atoms. The van der Waals surface area contributed by atoms with Crippen LogP contribution in [0.5, 0.6) is 5.75 Å². The lowest BCUT2D eigenvalue weighted by atomic mass is 10.3. The SMILES string of the molecule is COc1ccc(NC(=O)CCSc2nccn2C)cc1. The second kappa shape index (κ2) is 7.00. The van der Waals surface area contributed by atoms with Crippen molar-refractivity contribution in [1.82, 2.24) is 9.55 Å². The lowest BCUT2D eigenvalue weighted by molar-refractivity contribution is -0.115. The number of carbonyl (C=O) groups excluding carboxylic acids is 1. The van der Waals surface area contributed by atoms with E-state index in [1.165, 1.54) is 0 Å². The zero-order chi connectivity index (χ0) is 14.4. The molecule has 5 nitrogen and oxygen atoms in total. The molecule has 0 radical (unpaired) electrons. The standard InChI is InChI=1S/C14H17N3O2S/c1-17-9-8-15-14(17)20-10-7-13(18)16-11-3-5-12(19-2)6-4-11/h3-6,8-9H,7,10H2,1-2H3,(H,16,18). The highest BCUT2D eigenvalue weighted by Crippen LogP contribution is 2.17. The quantitative estimate of drug-likeness (QED) is 0.831. The van der Waals surface area contributed by atoms with Gasteiger partial charge in [0.2, 0.25) is 5.91 Å². The number of rotatable bonds is 6. The summed E-state index contributed by atoms with van der Waals surface area (Å²) in [7, 11) is 3.55. The van der Waals surface area contributed by atoms with Crippen LogP contribution < -0.4 is 10.1 Å². The Bertz CT molecular complexity index is 566. The first-order chi connectivity index (χ1) is 9.69. The number of thioether (sulfide) groups is 1. The highest BCUT2D eigenvalue weighted by molar-refractivity contribution is 7.99. The Balaban J connectivity index is 1.76. The average molecular weight is 291 g/mol. The first kappa shape index (κ1) is 14.5. The van der Waals surface area contributed by atoms with E-state index in [9.17, 15) is 4.79 Å². The zero-order valence-electron chi connectivity index (χ0n) is 11.5. The predicted molar refractivity (Wildman–Crippen MR) is 80.2 cm³/mol. The summed E-state index contributed by atoms with van der Waals surface area (Å²) in [6.07, 6.45) is 4.09. The molecule has 1 heterocycles. The van der Waals surface area contributed by atoms with Gasteiger partial charge in [-0.3, -0.25) is 4.79 Å². The number of carbonyl (C=O) groups is 1. The maximum Gasteiger partial charge on any atom is 0.225 e. The molecule has 2 rings (SSSR count). The number of imidazole rings is 1. The van der Waals surface area contributed by atoms with Gasteiger partial charge in [-0.25, -0.2) is 4.98 Å². The van der Waals surface area contributed by atoms with Crippen molar-refractivity contribution in [3.05, 3.63) is 36.7 Å². The van der Waals surface area contributed by atoms with Gasteiger partial charge in [0.15, 0.2) is 5.16 Å². The van der Waals surface area contributed by atoms with Crippen LogP contribution in [0, 0.1) is 0 Å². The highest BCUT2D eigenvalue weighted by Gasteiger charge is 2.05. The van der Waals surface area contributed by atoms with Gasteiger partial charge in [0.1, 0.15) is 5.75 Å².